The molecule has 0 saturated heterocycles. The summed E-state index contributed by atoms with van der Waals surface area (Å²) in [7, 11) is 2.03. The predicted molar refractivity (Wildman–Crippen MR) is 58.3 cm³/mol. The van der Waals surface area contributed by atoms with Crippen LogP contribution in [0.1, 0.15) is 19.2 Å². The van der Waals surface area contributed by atoms with E-state index in [-0.39, 0.29) is 0 Å². The van der Waals surface area contributed by atoms with Gasteiger partial charge in [0.2, 0.25) is 0 Å². The zero-order valence-corrected chi connectivity index (χ0v) is 9.07. The highest BCUT2D eigenvalue weighted by atomic mass is 15.2. The van der Waals surface area contributed by atoms with Gasteiger partial charge in [-0.15, -0.1) is 0 Å². The van der Waals surface area contributed by atoms with Crippen LogP contribution in [0.15, 0.2) is 12.3 Å². The van der Waals surface area contributed by atoms with E-state index in [0.29, 0.717) is 12.6 Å². The van der Waals surface area contributed by atoms with E-state index in [1.165, 1.54) is 0 Å². The van der Waals surface area contributed by atoms with E-state index in [1.807, 2.05) is 20.0 Å². The number of anilines is 1. The topological polar surface area (TPSA) is 55.0 Å². The van der Waals surface area contributed by atoms with Gasteiger partial charge in [-0.2, -0.15) is 0 Å². The van der Waals surface area contributed by atoms with Crippen molar-refractivity contribution >= 4 is 5.82 Å². The molecule has 4 nitrogen and oxygen atoms in total. The second kappa shape index (κ2) is 4.91. The van der Waals surface area contributed by atoms with Crippen molar-refractivity contribution in [3.05, 3.63) is 18.1 Å². The van der Waals surface area contributed by atoms with Crippen LogP contribution in [-0.2, 0) is 0 Å². The predicted octanol–water partition coefficient (Wildman–Crippen LogP) is 0.959. The van der Waals surface area contributed by atoms with Gasteiger partial charge >= 0.3 is 0 Å². The number of aromatic nitrogens is 2. The van der Waals surface area contributed by atoms with Crippen LogP contribution in [0.4, 0.5) is 5.82 Å². The van der Waals surface area contributed by atoms with E-state index in [9.17, 15) is 0 Å². The summed E-state index contributed by atoms with van der Waals surface area (Å²) < 4.78 is 0. The second-order valence-corrected chi connectivity index (χ2v) is 3.50. The van der Waals surface area contributed by atoms with Crippen LogP contribution in [0.5, 0.6) is 0 Å². The second-order valence-electron chi connectivity index (χ2n) is 3.50. The van der Waals surface area contributed by atoms with Crippen molar-refractivity contribution in [1.82, 2.24) is 9.97 Å². The van der Waals surface area contributed by atoms with Gasteiger partial charge in [0, 0.05) is 19.3 Å². The number of rotatable bonds is 4. The highest BCUT2D eigenvalue weighted by Gasteiger charge is 2.09. The van der Waals surface area contributed by atoms with E-state index in [0.717, 1.165) is 18.1 Å². The standard InChI is InChI=1S/C10H18N4/c1-8(4-6-11)14(3)10-5-7-12-9(2)13-10/h5,7-8H,4,6,11H2,1-3H3. The summed E-state index contributed by atoms with van der Waals surface area (Å²) in [5.74, 6) is 1.76. The number of nitrogens with zero attached hydrogens (tertiary/aromatic N) is 3. The summed E-state index contributed by atoms with van der Waals surface area (Å²) in [6.07, 6.45) is 2.75. The molecule has 1 heterocycles. The van der Waals surface area contributed by atoms with Gasteiger partial charge in [0.1, 0.15) is 11.6 Å². The molecule has 1 unspecified atom stereocenters. The molecule has 0 aliphatic heterocycles. The van der Waals surface area contributed by atoms with Crippen LogP contribution in [0.3, 0.4) is 0 Å². The molecule has 4 heteroatoms. The van der Waals surface area contributed by atoms with Crippen molar-refractivity contribution in [2.75, 3.05) is 18.5 Å². The minimum Gasteiger partial charge on any atom is -0.357 e. The molecule has 0 spiro atoms. The van der Waals surface area contributed by atoms with Crippen molar-refractivity contribution in [2.24, 2.45) is 5.73 Å². The van der Waals surface area contributed by atoms with Crippen molar-refractivity contribution in [3.8, 4) is 0 Å². The SMILES string of the molecule is Cc1nccc(N(C)C(C)CCN)n1. The van der Waals surface area contributed by atoms with Crippen LogP contribution in [0, 0.1) is 6.92 Å². The molecular weight excluding hydrogens is 176 g/mol. The highest BCUT2D eigenvalue weighted by Crippen LogP contribution is 2.12. The lowest BCUT2D eigenvalue weighted by Gasteiger charge is -2.25. The fourth-order valence-electron chi connectivity index (χ4n) is 1.30. The monoisotopic (exact) mass is 194 g/mol. The van der Waals surface area contributed by atoms with Crippen LogP contribution < -0.4 is 10.6 Å². The Balaban J connectivity index is 2.73. The van der Waals surface area contributed by atoms with Crippen LogP contribution in [-0.4, -0.2) is 29.6 Å². The lowest BCUT2D eigenvalue weighted by molar-refractivity contribution is 0.628. The average Bonchev–Trinajstić information content (AvgIpc) is 2.17. The first kappa shape index (κ1) is 10.9. The molecule has 1 rings (SSSR count). The quantitative estimate of drug-likeness (QED) is 0.775. The Morgan fingerprint density at radius 1 is 1.57 bits per heavy atom. The van der Waals surface area contributed by atoms with Crippen molar-refractivity contribution in [3.63, 3.8) is 0 Å². The largest absolute Gasteiger partial charge is 0.357 e. The molecule has 0 saturated carbocycles. The van der Waals surface area contributed by atoms with Crippen molar-refractivity contribution in [2.45, 2.75) is 26.3 Å². The summed E-state index contributed by atoms with van der Waals surface area (Å²) in [6.45, 7) is 4.74. The Hall–Kier alpha value is -1.16. The van der Waals surface area contributed by atoms with E-state index >= 15 is 0 Å². The summed E-state index contributed by atoms with van der Waals surface area (Å²) in [6, 6.07) is 2.33. The van der Waals surface area contributed by atoms with Gasteiger partial charge in [-0.05, 0) is 32.9 Å². The summed E-state index contributed by atoms with van der Waals surface area (Å²) >= 11 is 0. The average molecular weight is 194 g/mol. The Bertz CT molecular complexity index is 287. The summed E-state index contributed by atoms with van der Waals surface area (Å²) in [5, 5.41) is 0. The highest BCUT2D eigenvalue weighted by molar-refractivity contribution is 5.37. The van der Waals surface area contributed by atoms with Gasteiger partial charge in [-0.3, -0.25) is 0 Å². The van der Waals surface area contributed by atoms with Gasteiger partial charge in [0.15, 0.2) is 0 Å². The Labute approximate surface area is 85.2 Å². The molecule has 0 aliphatic carbocycles. The Kier molecular flexibility index (Phi) is 3.83. The number of nitrogens with two attached hydrogens (primary N) is 1. The van der Waals surface area contributed by atoms with Crippen molar-refractivity contribution < 1.29 is 0 Å². The lowest BCUT2D eigenvalue weighted by atomic mass is 10.2. The summed E-state index contributed by atoms with van der Waals surface area (Å²) in [5.41, 5.74) is 5.52. The molecule has 1 aromatic heterocycles. The fraction of sp³-hybridized carbons (Fsp3) is 0.600. The molecule has 0 aromatic carbocycles. The van der Waals surface area contributed by atoms with Crippen LogP contribution in [0.25, 0.3) is 0 Å². The van der Waals surface area contributed by atoms with E-state index < -0.39 is 0 Å². The van der Waals surface area contributed by atoms with Crippen LogP contribution >= 0.6 is 0 Å². The minimum absolute atomic E-state index is 0.411. The normalized spacial score (nSPS) is 12.6. The smallest absolute Gasteiger partial charge is 0.132 e. The van der Waals surface area contributed by atoms with E-state index in [1.54, 1.807) is 6.20 Å². The zero-order chi connectivity index (χ0) is 10.6. The molecule has 0 amide bonds. The fourth-order valence-corrected chi connectivity index (χ4v) is 1.30. The molecule has 1 aromatic rings. The first-order chi connectivity index (χ1) is 6.65. The molecule has 0 bridgehead atoms. The maximum atomic E-state index is 5.52. The van der Waals surface area contributed by atoms with Crippen LogP contribution in [0.2, 0.25) is 0 Å². The minimum atomic E-state index is 0.411. The maximum Gasteiger partial charge on any atom is 0.132 e. The Morgan fingerprint density at radius 3 is 2.86 bits per heavy atom. The van der Waals surface area contributed by atoms with Crippen molar-refractivity contribution in [1.29, 1.82) is 0 Å². The third-order valence-corrected chi connectivity index (χ3v) is 2.37. The van der Waals surface area contributed by atoms with E-state index in [4.69, 9.17) is 5.73 Å². The Morgan fingerprint density at radius 2 is 2.29 bits per heavy atom. The molecule has 78 valence electrons. The lowest BCUT2D eigenvalue weighted by Crippen LogP contribution is -2.31. The number of hydrogen-bond donors (Lipinski definition) is 1. The van der Waals surface area contributed by atoms with Gasteiger partial charge in [0.25, 0.3) is 0 Å². The molecule has 0 aliphatic rings. The number of aryl methyl sites for hydroxylation is 1. The van der Waals surface area contributed by atoms with E-state index in [2.05, 4.69) is 21.8 Å². The summed E-state index contributed by atoms with van der Waals surface area (Å²) in [4.78, 5) is 10.5. The number of hydrogen-bond acceptors (Lipinski definition) is 4. The molecular formula is C10H18N4. The van der Waals surface area contributed by atoms with Gasteiger partial charge < -0.3 is 10.6 Å². The molecule has 0 fully saturated rings. The third kappa shape index (κ3) is 2.67. The molecule has 1 atom stereocenters. The maximum absolute atomic E-state index is 5.52. The van der Waals surface area contributed by atoms with Gasteiger partial charge in [0.05, 0.1) is 0 Å². The third-order valence-electron chi connectivity index (χ3n) is 2.37. The molecule has 0 radical (unpaired) electrons. The molecule has 2 N–H and O–H groups in total. The first-order valence-electron chi connectivity index (χ1n) is 4.87. The zero-order valence-electron chi connectivity index (χ0n) is 9.07. The molecule has 14 heavy (non-hydrogen) atoms. The van der Waals surface area contributed by atoms with Gasteiger partial charge in [-0.1, -0.05) is 0 Å². The first-order valence-corrected chi connectivity index (χ1v) is 4.87. The van der Waals surface area contributed by atoms with Gasteiger partial charge in [-0.25, -0.2) is 9.97 Å².